The molecule has 1 atom stereocenters. The largest absolute Gasteiger partial charge is 0.271 e. The van der Waals surface area contributed by atoms with Crippen LogP contribution in [-0.2, 0) is 12.8 Å². The van der Waals surface area contributed by atoms with E-state index in [-0.39, 0.29) is 11.9 Å². The van der Waals surface area contributed by atoms with Crippen LogP contribution in [0.5, 0.6) is 0 Å². The summed E-state index contributed by atoms with van der Waals surface area (Å²) in [5, 5.41) is 1.30. The molecule has 0 saturated carbocycles. The highest BCUT2D eigenvalue weighted by atomic mass is 35.5. The standard InChI is InChI=1S/C15H15Cl2FN2/c16-12-3-6-15(17)11(8-12)9-14(20-19)7-10-1-4-13(18)5-2-10/h1-6,8,14,20H,7,9,19H2. The van der Waals surface area contributed by atoms with Crippen molar-refractivity contribution in [2.75, 3.05) is 0 Å². The van der Waals surface area contributed by atoms with Gasteiger partial charge in [0, 0.05) is 16.1 Å². The van der Waals surface area contributed by atoms with Crippen LogP contribution in [0.3, 0.4) is 0 Å². The number of rotatable bonds is 5. The maximum Gasteiger partial charge on any atom is 0.123 e. The lowest BCUT2D eigenvalue weighted by atomic mass is 9.99. The number of hydrogen-bond donors (Lipinski definition) is 2. The van der Waals surface area contributed by atoms with Crippen molar-refractivity contribution in [3.63, 3.8) is 0 Å². The summed E-state index contributed by atoms with van der Waals surface area (Å²) in [7, 11) is 0. The maximum atomic E-state index is 12.9. The second-order valence-corrected chi connectivity index (χ2v) is 5.48. The van der Waals surface area contributed by atoms with Gasteiger partial charge < -0.3 is 0 Å². The van der Waals surface area contributed by atoms with Crippen molar-refractivity contribution in [1.82, 2.24) is 5.43 Å². The third-order valence-corrected chi connectivity index (χ3v) is 3.71. The van der Waals surface area contributed by atoms with Crippen LogP contribution in [0.15, 0.2) is 42.5 Å². The molecule has 0 aliphatic heterocycles. The number of hydrogen-bond acceptors (Lipinski definition) is 2. The van der Waals surface area contributed by atoms with Crippen LogP contribution >= 0.6 is 23.2 Å². The van der Waals surface area contributed by atoms with Crippen LogP contribution in [0.4, 0.5) is 4.39 Å². The predicted octanol–water partition coefficient (Wildman–Crippen LogP) is 3.75. The quantitative estimate of drug-likeness (QED) is 0.652. The fourth-order valence-electron chi connectivity index (χ4n) is 2.06. The summed E-state index contributed by atoms with van der Waals surface area (Å²) in [6.45, 7) is 0. The van der Waals surface area contributed by atoms with E-state index < -0.39 is 0 Å². The molecule has 0 aromatic heterocycles. The highest BCUT2D eigenvalue weighted by Crippen LogP contribution is 2.22. The molecule has 1 unspecified atom stereocenters. The zero-order valence-corrected chi connectivity index (χ0v) is 12.3. The molecule has 0 saturated heterocycles. The third-order valence-electron chi connectivity index (χ3n) is 3.11. The minimum atomic E-state index is -0.246. The monoisotopic (exact) mass is 312 g/mol. The first-order valence-electron chi connectivity index (χ1n) is 6.23. The molecule has 106 valence electrons. The summed E-state index contributed by atoms with van der Waals surface area (Å²) in [5.74, 6) is 5.34. The number of nitrogens with two attached hydrogens (primary N) is 1. The molecule has 0 bridgehead atoms. The second-order valence-electron chi connectivity index (χ2n) is 4.63. The molecular formula is C15H15Cl2FN2. The van der Waals surface area contributed by atoms with Gasteiger partial charge >= 0.3 is 0 Å². The van der Waals surface area contributed by atoms with E-state index in [1.165, 1.54) is 12.1 Å². The molecule has 2 nitrogen and oxygen atoms in total. The molecule has 2 aromatic rings. The molecule has 0 radical (unpaired) electrons. The molecular weight excluding hydrogens is 298 g/mol. The minimum absolute atomic E-state index is 0.00331. The van der Waals surface area contributed by atoms with Gasteiger partial charge in [0.2, 0.25) is 0 Å². The van der Waals surface area contributed by atoms with E-state index in [2.05, 4.69) is 5.43 Å². The van der Waals surface area contributed by atoms with E-state index in [0.29, 0.717) is 22.9 Å². The Bertz CT molecular complexity index is 573. The Balaban J connectivity index is 2.08. The van der Waals surface area contributed by atoms with E-state index in [0.717, 1.165) is 11.1 Å². The van der Waals surface area contributed by atoms with Gasteiger partial charge in [-0.05, 0) is 54.3 Å². The minimum Gasteiger partial charge on any atom is -0.271 e. The zero-order chi connectivity index (χ0) is 14.5. The average Bonchev–Trinajstić information content (AvgIpc) is 2.44. The van der Waals surface area contributed by atoms with Gasteiger partial charge in [-0.15, -0.1) is 0 Å². The van der Waals surface area contributed by atoms with Crippen LogP contribution in [0.2, 0.25) is 10.0 Å². The Labute approximate surface area is 127 Å². The second kappa shape index (κ2) is 7.04. The van der Waals surface area contributed by atoms with Crippen LogP contribution < -0.4 is 11.3 Å². The van der Waals surface area contributed by atoms with Gasteiger partial charge in [-0.25, -0.2) is 4.39 Å². The molecule has 0 fully saturated rings. The first-order chi connectivity index (χ1) is 9.58. The Morgan fingerprint density at radius 1 is 1.05 bits per heavy atom. The lowest BCUT2D eigenvalue weighted by Gasteiger charge is -2.17. The molecule has 2 rings (SSSR count). The number of benzene rings is 2. The molecule has 0 aliphatic rings. The fraction of sp³-hybridized carbons (Fsp3) is 0.200. The smallest absolute Gasteiger partial charge is 0.123 e. The van der Waals surface area contributed by atoms with Gasteiger partial charge in [0.1, 0.15) is 5.82 Å². The summed E-state index contributed by atoms with van der Waals surface area (Å²) < 4.78 is 12.9. The van der Waals surface area contributed by atoms with Crippen LogP contribution in [-0.4, -0.2) is 6.04 Å². The Kier molecular flexibility index (Phi) is 5.38. The number of halogens is 3. The van der Waals surface area contributed by atoms with Crippen LogP contribution in [0, 0.1) is 5.82 Å². The van der Waals surface area contributed by atoms with Crippen molar-refractivity contribution < 1.29 is 4.39 Å². The van der Waals surface area contributed by atoms with E-state index in [9.17, 15) is 4.39 Å². The van der Waals surface area contributed by atoms with E-state index in [4.69, 9.17) is 29.0 Å². The van der Waals surface area contributed by atoms with Gasteiger partial charge in [-0.1, -0.05) is 35.3 Å². The Morgan fingerprint density at radius 3 is 2.40 bits per heavy atom. The zero-order valence-electron chi connectivity index (χ0n) is 10.7. The Hall–Kier alpha value is -1.13. The maximum absolute atomic E-state index is 12.9. The first-order valence-corrected chi connectivity index (χ1v) is 6.98. The summed E-state index contributed by atoms with van der Waals surface area (Å²) in [6, 6.07) is 11.7. The van der Waals surface area contributed by atoms with Gasteiger partial charge in [0.25, 0.3) is 0 Å². The topological polar surface area (TPSA) is 38.0 Å². The number of hydrazine groups is 1. The predicted molar refractivity (Wildman–Crippen MR) is 81.4 cm³/mol. The van der Waals surface area contributed by atoms with Crippen molar-refractivity contribution in [2.45, 2.75) is 18.9 Å². The van der Waals surface area contributed by atoms with Crippen LogP contribution in [0.1, 0.15) is 11.1 Å². The highest BCUT2D eigenvalue weighted by Gasteiger charge is 2.12. The lowest BCUT2D eigenvalue weighted by molar-refractivity contribution is 0.522. The molecule has 20 heavy (non-hydrogen) atoms. The SMILES string of the molecule is NNC(Cc1ccc(F)cc1)Cc1cc(Cl)ccc1Cl. The van der Waals surface area contributed by atoms with Crippen molar-refractivity contribution in [3.8, 4) is 0 Å². The van der Waals surface area contributed by atoms with E-state index in [1.807, 2.05) is 6.07 Å². The summed E-state index contributed by atoms with van der Waals surface area (Å²) in [5.41, 5.74) is 4.71. The fourth-order valence-corrected chi connectivity index (χ4v) is 2.45. The van der Waals surface area contributed by atoms with Crippen molar-refractivity contribution in [1.29, 1.82) is 0 Å². The van der Waals surface area contributed by atoms with Crippen molar-refractivity contribution in [2.24, 2.45) is 5.84 Å². The van der Waals surface area contributed by atoms with Gasteiger partial charge in [-0.3, -0.25) is 11.3 Å². The normalized spacial score (nSPS) is 12.4. The summed E-state index contributed by atoms with van der Waals surface area (Å²) >= 11 is 12.1. The molecule has 0 heterocycles. The summed E-state index contributed by atoms with van der Waals surface area (Å²) in [4.78, 5) is 0. The van der Waals surface area contributed by atoms with E-state index >= 15 is 0 Å². The average molecular weight is 313 g/mol. The summed E-state index contributed by atoms with van der Waals surface area (Å²) in [6.07, 6.45) is 1.33. The Morgan fingerprint density at radius 2 is 1.75 bits per heavy atom. The lowest BCUT2D eigenvalue weighted by Crippen LogP contribution is -2.38. The van der Waals surface area contributed by atoms with Crippen LogP contribution in [0.25, 0.3) is 0 Å². The first kappa shape index (κ1) is 15.3. The van der Waals surface area contributed by atoms with Gasteiger partial charge in [0.15, 0.2) is 0 Å². The third kappa shape index (κ3) is 4.18. The molecule has 0 aliphatic carbocycles. The highest BCUT2D eigenvalue weighted by molar-refractivity contribution is 6.33. The number of nitrogens with one attached hydrogen (secondary N) is 1. The van der Waals surface area contributed by atoms with E-state index in [1.54, 1.807) is 24.3 Å². The van der Waals surface area contributed by atoms with Crippen molar-refractivity contribution in [3.05, 3.63) is 69.5 Å². The molecule has 0 spiro atoms. The van der Waals surface area contributed by atoms with Gasteiger partial charge in [-0.2, -0.15) is 0 Å². The molecule has 2 aromatic carbocycles. The molecule has 5 heteroatoms. The van der Waals surface area contributed by atoms with Gasteiger partial charge in [0.05, 0.1) is 0 Å². The molecule has 3 N–H and O–H groups in total. The molecule has 0 amide bonds. The van der Waals surface area contributed by atoms with Crippen molar-refractivity contribution >= 4 is 23.2 Å².